The molecule has 3 N–H and O–H groups in total. The first-order chi connectivity index (χ1) is 8.77. The molecule has 18 heavy (non-hydrogen) atoms. The molecule has 1 fully saturated rings. The van der Waals surface area contributed by atoms with Crippen molar-refractivity contribution in [3.8, 4) is 0 Å². The van der Waals surface area contributed by atoms with E-state index in [1.165, 1.54) is 0 Å². The van der Waals surface area contributed by atoms with Crippen LogP contribution in [0, 0.1) is 0 Å². The molecule has 0 spiro atoms. The van der Waals surface area contributed by atoms with E-state index >= 15 is 0 Å². The highest BCUT2D eigenvalue weighted by atomic mass is 35.5. The van der Waals surface area contributed by atoms with E-state index in [9.17, 15) is 0 Å². The molecule has 0 unspecified atom stereocenters. The Kier molecular flexibility index (Phi) is 5.11. The Hall–Kier alpha value is -0.970. The van der Waals surface area contributed by atoms with Crippen LogP contribution >= 0.6 is 11.6 Å². The average Bonchev–Trinajstić information content (AvgIpc) is 2.38. The zero-order valence-corrected chi connectivity index (χ0v) is 11.2. The predicted octanol–water partition coefficient (Wildman–Crippen LogP) is 2.06. The number of rotatable bonds is 5. The number of nitrogens with zero attached hydrogens (tertiary/aromatic N) is 1. The lowest BCUT2D eigenvalue weighted by molar-refractivity contribution is 0.0378. The van der Waals surface area contributed by atoms with Crippen molar-refractivity contribution in [2.24, 2.45) is 0 Å². The molecule has 0 aliphatic carbocycles. The lowest BCUT2D eigenvalue weighted by Gasteiger charge is -2.26. The summed E-state index contributed by atoms with van der Waals surface area (Å²) in [5.74, 6) is 0. The number of halogens is 1. The highest BCUT2D eigenvalue weighted by Crippen LogP contribution is 2.27. The summed E-state index contributed by atoms with van der Waals surface area (Å²) in [4.78, 5) is 2.42. The summed E-state index contributed by atoms with van der Waals surface area (Å²) in [6, 6.07) is 5.56. The molecule has 0 amide bonds. The Balaban J connectivity index is 1.71. The van der Waals surface area contributed by atoms with Gasteiger partial charge >= 0.3 is 0 Å². The predicted molar refractivity (Wildman–Crippen MR) is 76.2 cm³/mol. The fourth-order valence-electron chi connectivity index (χ4n) is 2.07. The van der Waals surface area contributed by atoms with Gasteiger partial charge in [-0.2, -0.15) is 0 Å². The van der Waals surface area contributed by atoms with Crippen LogP contribution in [0.5, 0.6) is 0 Å². The summed E-state index contributed by atoms with van der Waals surface area (Å²) in [6.07, 6.45) is 1.07. The summed E-state index contributed by atoms with van der Waals surface area (Å²) >= 11 is 6.09. The summed E-state index contributed by atoms with van der Waals surface area (Å²) in [7, 11) is 0. The van der Waals surface area contributed by atoms with Gasteiger partial charge in [0.1, 0.15) is 0 Å². The third kappa shape index (κ3) is 3.77. The highest BCUT2D eigenvalue weighted by molar-refractivity contribution is 6.33. The minimum atomic E-state index is 0.682. The molecule has 1 aliphatic heterocycles. The molecule has 0 aromatic heterocycles. The van der Waals surface area contributed by atoms with Gasteiger partial charge < -0.3 is 15.8 Å². The maximum absolute atomic E-state index is 6.09. The Morgan fingerprint density at radius 3 is 2.83 bits per heavy atom. The first-order valence-electron chi connectivity index (χ1n) is 6.35. The van der Waals surface area contributed by atoms with Crippen molar-refractivity contribution < 1.29 is 4.74 Å². The topological polar surface area (TPSA) is 50.5 Å². The lowest BCUT2D eigenvalue weighted by Crippen LogP contribution is -2.37. The first-order valence-corrected chi connectivity index (χ1v) is 6.73. The molecular formula is C13H20ClN3O. The Bertz CT molecular complexity index is 360. The number of hydrogen-bond donors (Lipinski definition) is 2. The van der Waals surface area contributed by atoms with Gasteiger partial charge in [0.25, 0.3) is 0 Å². The van der Waals surface area contributed by atoms with Crippen LogP contribution in [0.2, 0.25) is 5.02 Å². The standard InChI is InChI=1S/C13H20ClN3O/c14-11-3-1-4-12(15)13(11)16-5-2-6-17-7-9-18-10-8-17/h1,3-4,16H,2,5-10,15H2. The van der Waals surface area contributed by atoms with Gasteiger partial charge in [-0.05, 0) is 25.1 Å². The molecule has 2 rings (SSSR count). The smallest absolute Gasteiger partial charge is 0.0763 e. The maximum Gasteiger partial charge on any atom is 0.0763 e. The number of para-hydroxylation sites is 1. The van der Waals surface area contributed by atoms with E-state index in [0.717, 1.165) is 51.5 Å². The molecule has 1 saturated heterocycles. The Morgan fingerprint density at radius 1 is 1.33 bits per heavy atom. The van der Waals surface area contributed by atoms with Gasteiger partial charge in [0, 0.05) is 19.6 Å². The molecule has 0 saturated carbocycles. The van der Waals surface area contributed by atoms with Gasteiger partial charge in [-0.1, -0.05) is 17.7 Å². The van der Waals surface area contributed by atoms with Gasteiger partial charge in [0.2, 0.25) is 0 Å². The molecule has 0 radical (unpaired) electrons. The largest absolute Gasteiger partial charge is 0.397 e. The molecule has 100 valence electrons. The SMILES string of the molecule is Nc1cccc(Cl)c1NCCCN1CCOCC1. The lowest BCUT2D eigenvalue weighted by atomic mass is 10.2. The van der Waals surface area contributed by atoms with Crippen molar-refractivity contribution in [2.75, 3.05) is 50.4 Å². The monoisotopic (exact) mass is 269 g/mol. The number of anilines is 2. The second-order valence-electron chi connectivity index (χ2n) is 4.44. The van der Waals surface area contributed by atoms with Crippen molar-refractivity contribution in [2.45, 2.75) is 6.42 Å². The zero-order chi connectivity index (χ0) is 12.8. The number of ether oxygens (including phenoxy) is 1. The summed E-state index contributed by atoms with van der Waals surface area (Å²) < 4.78 is 5.32. The van der Waals surface area contributed by atoms with E-state index < -0.39 is 0 Å². The minimum Gasteiger partial charge on any atom is -0.397 e. The van der Waals surface area contributed by atoms with Crippen LogP contribution in [0.1, 0.15) is 6.42 Å². The fourth-order valence-corrected chi connectivity index (χ4v) is 2.32. The number of hydrogen-bond acceptors (Lipinski definition) is 4. The first kappa shape index (κ1) is 13.5. The van der Waals surface area contributed by atoms with E-state index in [-0.39, 0.29) is 0 Å². The zero-order valence-electron chi connectivity index (χ0n) is 10.5. The van der Waals surface area contributed by atoms with Crippen molar-refractivity contribution in [1.29, 1.82) is 0 Å². The van der Waals surface area contributed by atoms with Gasteiger partial charge in [-0.25, -0.2) is 0 Å². The molecule has 4 nitrogen and oxygen atoms in total. The van der Waals surface area contributed by atoms with E-state index in [2.05, 4.69) is 10.2 Å². The molecule has 1 heterocycles. The average molecular weight is 270 g/mol. The van der Waals surface area contributed by atoms with E-state index in [1.807, 2.05) is 18.2 Å². The van der Waals surface area contributed by atoms with Crippen molar-refractivity contribution in [3.05, 3.63) is 23.2 Å². The van der Waals surface area contributed by atoms with Crippen molar-refractivity contribution in [3.63, 3.8) is 0 Å². The normalized spacial score (nSPS) is 16.7. The molecule has 1 aromatic rings. The van der Waals surface area contributed by atoms with Crippen LogP contribution in [0.15, 0.2) is 18.2 Å². The van der Waals surface area contributed by atoms with Gasteiger partial charge in [-0.15, -0.1) is 0 Å². The third-order valence-electron chi connectivity index (χ3n) is 3.10. The number of nitrogen functional groups attached to an aromatic ring is 1. The number of morpholine rings is 1. The van der Waals surface area contributed by atoms with E-state index in [4.69, 9.17) is 22.1 Å². The fraction of sp³-hybridized carbons (Fsp3) is 0.538. The van der Waals surface area contributed by atoms with Gasteiger partial charge in [-0.3, -0.25) is 4.90 Å². The summed E-state index contributed by atoms with van der Waals surface area (Å²) in [5.41, 5.74) is 7.42. The quantitative estimate of drug-likeness (QED) is 0.635. The summed E-state index contributed by atoms with van der Waals surface area (Å²) in [5, 5.41) is 3.99. The van der Waals surface area contributed by atoms with Gasteiger partial charge in [0.05, 0.1) is 29.6 Å². The van der Waals surface area contributed by atoms with Crippen LogP contribution in [0.4, 0.5) is 11.4 Å². The van der Waals surface area contributed by atoms with Crippen molar-refractivity contribution in [1.82, 2.24) is 4.90 Å². The molecular weight excluding hydrogens is 250 g/mol. The second kappa shape index (κ2) is 6.83. The van der Waals surface area contributed by atoms with Gasteiger partial charge in [0.15, 0.2) is 0 Å². The third-order valence-corrected chi connectivity index (χ3v) is 3.42. The van der Waals surface area contributed by atoms with E-state index in [0.29, 0.717) is 10.7 Å². The molecule has 0 atom stereocenters. The van der Waals surface area contributed by atoms with Crippen molar-refractivity contribution >= 4 is 23.0 Å². The van der Waals surface area contributed by atoms with Crippen LogP contribution in [0.25, 0.3) is 0 Å². The molecule has 1 aromatic carbocycles. The highest BCUT2D eigenvalue weighted by Gasteiger charge is 2.09. The van der Waals surface area contributed by atoms with Crippen LogP contribution in [-0.4, -0.2) is 44.3 Å². The molecule has 5 heteroatoms. The Morgan fingerprint density at radius 2 is 2.11 bits per heavy atom. The number of benzene rings is 1. The Labute approximate surface area is 113 Å². The van der Waals surface area contributed by atoms with Crippen LogP contribution < -0.4 is 11.1 Å². The number of nitrogens with one attached hydrogen (secondary N) is 1. The summed E-state index contributed by atoms with van der Waals surface area (Å²) in [6.45, 7) is 5.74. The molecule has 0 bridgehead atoms. The van der Waals surface area contributed by atoms with E-state index in [1.54, 1.807) is 0 Å². The number of nitrogens with two attached hydrogens (primary N) is 1. The van der Waals surface area contributed by atoms with Crippen LogP contribution in [-0.2, 0) is 4.74 Å². The second-order valence-corrected chi connectivity index (χ2v) is 4.85. The maximum atomic E-state index is 6.09. The molecule has 1 aliphatic rings. The minimum absolute atomic E-state index is 0.682. The van der Waals surface area contributed by atoms with Crippen LogP contribution in [0.3, 0.4) is 0 Å².